The second-order valence-corrected chi connectivity index (χ2v) is 19.9. The van der Waals surface area contributed by atoms with Crippen molar-refractivity contribution < 1.29 is 28.6 Å². The molecule has 0 rings (SSSR count). The summed E-state index contributed by atoms with van der Waals surface area (Å²) in [7, 11) is 0. The van der Waals surface area contributed by atoms with Crippen molar-refractivity contribution in [2.45, 2.75) is 322 Å². The van der Waals surface area contributed by atoms with E-state index in [1.54, 1.807) is 0 Å². The highest BCUT2D eigenvalue weighted by Crippen LogP contribution is 2.17. The van der Waals surface area contributed by atoms with Gasteiger partial charge in [-0.05, 0) is 51.4 Å². The Hall–Kier alpha value is -2.37. The van der Waals surface area contributed by atoms with Crippen LogP contribution in [0.5, 0.6) is 0 Å². The van der Waals surface area contributed by atoms with Gasteiger partial charge in [-0.1, -0.05) is 282 Å². The third kappa shape index (κ3) is 54.4. The summed E-state index contributed by atoms with van der Waals surface area (Å²) < 4.78 is 16.8. The van der Waals surface area contributed by atoms with Gasteiger partial charge in [-0.15, -0.1) is 0 Å². The first kappa shape index (κ1) is 64.6. The SMILES string of the molecule is CC/C=C\C/C=C\C/C=C\CCCCCCCCCC(=O)OC(COC(=O)CCCCCCCCCC)COC(=O)CCCCCCCCCCCCCCCCCCCCCCCCCC. The molecule has 1 atom stereocenters. The summed E-state index contributed by atoms with van der Waals surface area (Å²) >= 11 is 0. The standard InChI is InChI=1S/C61H112O6/c1-4-7-10-13-16-19-21-23-25-27-28-29-30-31-32-33-35-36-38-40-42-45-48-51-54-60(63)66-57-58(56-65-59(62)53-50-47-44-18-15-12-9-6-3)67-61(64)55-52-49-46-43-41-39-37-34-26-24-22-20-17-14-11-8-5-2/h8,11,17,20,24,26,58H,4-7,9-10,12-16,18-19,21-23,25,27-57H2,1-3H3/b11-8-,20-17-,26-24-. The number of ether oxygens (including phenoxy) is 3. The Labute approximate surface area is 416 Å². The van der Waals surface area contributed by atoms with Crippen LogP contribution in [-0.2, 0) is 28.6 Å². The third-order valence-electron chi connectivity index (χ3n) is 13.2. The molecule has 392 valence electrons. The summed E-state index contributed by atoms with van der Waals surface area (Å²) in [6.45, 7) is 6.54. The van der Waals surface area contributed by atoms with Gasteiger partial charge in [0.05, 0.1) is 0 Å². The maximum absolute atomic E-state index is 12.8. The minimum atomic E-state index is -0.772. The van der Waals surface area contributed by atoms with E-state index in [1.165, 1.54) is 193 Å². The van der Waals surface area contributed by atoms with Gasteiger partial charge in [-0.2, -0.15) is 0 Å². The maximum atomic E-state index is 12.8. The van der Waals surface area contributed by atoms with Gasteiger partial charge in [0.15, 0.2) is 6.10 Å². The number of carbonyl (C=O) groups is 3. The normalized spacial score (nSPS) is 12.2. The van der Waals surface area contributed by atoms with E-state index in [4.69, 9.17) is 14.2 Å². The molecule has 0 bridgehead atoms. The van der Waals surface area contributed by atoms with E-state index >= 15 is 0 Å². The second kappa shape index (κ2) is 56.2. The van der Waals surface area contributed by atoms with Crippen molar-refractivity contribution in [2.75, 3.05) is 13.2 Å². The van der Waals surface area contributed by atoms with Crippen LogP contribution in [0.25, 0.3) is 0 Å². The molecule has 0 aliphatic heterocycles. The Morgan fingerprint density at radius 2 is 0.582 bits per heavy atom. The van der Waals surface area contributed by atoms with Gasteiger partial charge in [0.2, 0.25) is 0 Å². The molecule has 6 heteroatoms. The molecule has 0 radical (unpaired) electrons. The summed E-state index contributed by atoms with van der Waals surface area (Å²) in [5, 5.41) is 0. The molecule has 0 saturated carbocycles. The van der Waals surface area contributed by atoms with E-state index in [-0.39, 0.29) is 31.1 Å². The maximum Gasteiger partial charge on any atom is 0.306 e. The van der Waals surface area contributed by atoms with Gasteiger partial charge in [0.25, 0.3) is 0 Å². The van der Waals surface area contributed by atoms with Gasteiger partial charge in [0, 0.05) is 19.3 Å². The molecular formula is C61H112O6. The fourth-order valence-corrected chi connectivity index (χ4v) is 8.75. The zero-order chi connectivity index (χ0) is 48.6. The van der Waals surface area contributed by atoms with Crippen LogP contribution >= 0.6 is 0 Å². The lowest BCUT2D eigenvalue weighted by atomic mass is 10.0. The van der Waals surface area contributed by atoms with Crippen LogP contribution in [0.1, 0.15) is 316 Å². The molecule has 0 aromatic heterocycles. The minimum absolute atomic E-state index is 0.0719. The van der Waals surface area contributed by atoms with Crippen molar-refractivity contribution in [3.05, 3.63) is 36.5 Å². The van der Waals surface area contributed by atoms with Crippen LogP contribution in [0.3, 0.4) is 0 Å². The van der Waals surface area contributed by atoms with Crippen LogP contribution in [0.15, 0.2) is 36.5 Å². The van der Waals surface area contributed by atoms with E-state index in [0.717, 1.165) is 83.5 Å². The van der Waals surface area contributed by atoms with Crippen molar-refractivity contribution in [1.82, 2.24) is 0 Å². The summed E-state index contributed by atoms with van der Waals surface area (Å²) in [5.74, 6) is -0.869. The summed E-state index contributed by atoms with van der Waals surface area (Å²) in [4.78, 5) is 38.0. The Morgan fingerprint density at radius 3 is 0.910 bits per heavy atom. The number of rotatable bonds is 54. The molecule has 0 aromatic rings. The molecule has 0 fully saturated rings. The first-order valence-electron chi connectivity index (χ1n) is 29.5. The van der Waals surface area contributed by atoms with E-state index < -0.39 is 6.10 Å². The largest absolute Gasteiger partial charge is 0.462 e. The fraction of sp³-hybridized carbons (Fsp3) is 0.852. The average Bonchev–Trinajstić information content (AvgIpc) is 3.33. The molecule has 0 N–H and O–H groups in total. The van der Waals surface area contributed by atoms with Gasteiger partial charge in [0.1, 0.15) is 13.2 Å². The molecule has 0 spiro atoms. The summed E-state index contributed by atoms with van der Waals surface area (Å²) in [6, 6.07) is 0. The lowest BCUT2D eigenvalue weighted by Gasteiger charge is -2.18. The molecule has 6 nitrogen and oxygen atoms in total. The fourth-order valence-electron chi connectivity index (χ4n) is 8.75. The second-order valence-electron chi connectivity index (χ2n) is 19.9. The highest BCUT2D eigenvalue weighted by atomic mass is 16.6. The predicted octanol–water partition coefficient (Wildman–Crippen LogP) is 19.7. The van der Waals surface area contributed by atoms with Gasteiger partial charge >= 0.3 is 17.9 Å². The van der Waals surface area contributed by atoms with E-state index in [0.29, 0.717) is 19.3 Å². The lowest BCUT2D eigenvalue weighted by Crippen LogP contribution is -2.30. The third-order valence-corrected chi connectivity index (χ3v) is 13.2. The average molecular weight is 942 g/mol. The monoisotopic (exact) mass is 941 g/mol. The van der Waals surface area contributed by atoms with Crippen LogP contribution in [0.4, 0.5) is 0 Å². The molecule has 0 aliphatic rings. The molecule has 0 saturated heterocycles. The number of allylic oxidation sites excluding steroid dienone is 6. The van der Waals surface area contributed by atoms with Crippen LogP contribution < -0.4 is 0 Å². The zero-order valence-corrected chi connectivity index (χ0v) is 44.9. The van der Waals surface area contributed by atoms with Crippen LogP contribution in [0.2, 0.25) is 0 Å². The highest BCUT2D eigenvalue weighted by molar-refractivity contribution is 5.71. The number of carbonyl (C=O) groups excluding carboxylic acids is 3. The van der Waals surface area contributed by atoms with Crippen molar-refractivity contribution in [1.29, 1.82) is 0 Å². The summed E-state index contributed by atoms with van der Waals surface area (Å²) in [5.41, 5.74) is 0. The van der Waals surface area contributed by atoms with Gasteiger partial charge < -0.3 is 14.2 Å². The highest BCUT2D eigenvalue weighted by Gasteiger charge is 2.19. The van der Waals surface area contributed by atoms with Gasteiger partial charge in [-0.3, -0.25) is 14.4 Å². The van der Waals surface area contributed by atoms with Crippen molar-refractivity contribution in [3.63, 3.8) is 0 Å². The number of hydrogen-bond acceptors (Lipinski definition) is 6. The number of esters is 3. The quantitative estimate of drug-likeness (QED) is 0.0262. The Kier molecular flexibility index (Phi) is 54.2. The lowest BCUT2D eigenvalue weighted by molar-refractivity contribution is -0.167. The summed E-state index contributed by atoms with van der Waals surface area (Å²) in [6.07, 6.45) is 67.3. The first-order chi connectivity index (χ1) is 33.0. The topological polar surface area (TPSA) is 78.9 Å². The predicted molar refractivity (Wildman–Crippen MR) is 289 cm³/mol. The molecule has 0 heterocycles. The molecular weight excluding hydrogens is 829 g/mol. The molecule has 67 heavy (non-hydrogen) atoms. The molecule has 1 unspecified atom stereocenters. The Balaban J connectivity index is 4.14. The molecule has 0 amide bonds. The van der Waals surface area contributed by atoms with E-state index in [9.17, 15) is 14.4 Å². The first-order valence-corrected chi connectivity index (χ1v) is 29.5. The Bertz CT molecular complexity index is 1130. The van der Waals surface area contributed by atoms with Crippen molar-refractivity contribution >= 4 is 17.9 Å². The van der Waals surface area contributed by atoms with Gasteiger partial charge in [-0.25, -0.2) is 0 Å². The minimum Gasteiger partial charge on any atom is -0.462 e. The molecule has 0 aromatic carbocycles. The number of hydrogen-bond donors (Lipinski definition) is 0. The van der Waals surface area contributed by atoms with Crippen LogP contribution in [-0.4, -0.2) is 37.2 Å². The van der Waals surface area contributed by atoms with E-state index in [2.05, 4.69) is 57.2 Å². The van der Waals surface area contributed by atoms with Crippen molar-refractivity contribution in [3.8, 4) is 0 Å². The Morgan fingerprint density at radius 1 is 0.313 bits per heavy atom. The molecule has 0 aliphatic carbocycles. The smallest absolute Gasteiger partial charge is 0.306 e. The van der Waals surface area contributed by atoms with Crippen LogP contribution in [0, 0.1) is 0 Å². The zero-order valence-electron chi connectivity index (χ0n) is 44.9. The van der Waals surface area contributed by atoms with E-state index in [1.807, 2.05) is 0 Å². The van der Waals surface area contributed by atoms with Crippen molar-refractivity contribution in [2.24, 2.45) is 0 Å². The number of unbranched alkanes of at least 4 members (excludes halogenated alkanes) is 37.